The second-order valence-electron chi connectivity index (χ2n) is 11.6. The molecule has 3 heterocycles. The number of benzene rings is 3. The highest BCUT2D eigenvalue weighted by Crippen LogP contribution is 2.35. The summed E-state index contributed by atoms with van der Waals surface area (Å²) < 4.78 is 65.0. The van der Waals surface area contributed by atoms with Crippen LogP contribution >= 0.6 is 0 Å². The number of fused-ring (bicyclic) bond motifs is 1. The number of hydrogen-bond acceptors (Lipinski definition) is 7. The Morgan fingerprint density at radius 1 is 0.979 bits per heavy atom. The Kier molecular flexibility index (Phi) is 8.09. The van der Waals surface area contributed by atoms with E-state index in [0.29, 0.717) is 30.1 Å². The Bertz CT molecular complexity index is 2060. The Balaban J connectivity index is 1.17. The number of nitrogens with zero attached hydrogens (tertiary/aromatic N) is 4. The number of imidazole rings is 1. The molecule has 0 unspecified atom stereocenters. The van der Waals surface area contributed by atoms with E-state index < -0.39 is 23.4 Å². The van der Waals surface area contributed by atoms with E-state index in [0.717, 1.165) is 31.0 Å². The summed E-state index contributed by atoms with van der Waals surface area (Å²) in [5.74, 6) is -2.62. The van der Waals surface area contributed by atoms with Crippen LogP contribution in [0.5, 0.6) is 5.88 Å². The molecular formula is C35H27F3N4O5. The van der Waals surface area contributed by atoms with E-state index in [1.807, 2.05) is 10.6 Å². The largest absolute Gasteiger partial charge is 0.478 e. The minimum Gasteiger partial charge on any atom is -0.478 e. The average molecular weight is 641 g/mol. The summed E-state index contributed by atoms with van der Waals surface area (Å²) in [4.78, 5) is 20.8. The van der Waals surface area contributed by atoms with E-state index in [2.05, 4.69) is 4.98 Å². The quantitative estimate of drug-likeness (QED) is 0.187. The maximum atomic E-state index is 15.7. The molecule has 2 aliphatic rings. The van der Waals surface area contributed by atoms with Crippen molar-refractivity contribution in [2.75, 3.05) is 13.2 Å². The molecule has 1 aliphatic carbocycles. The van der Waals surface area contributed by atoms with Gasteiger partial charge < -0.3 is 23.9 Å². The van der Waals surface area contributed by atoms with Crippen LogP contribution in [0.3, 0.4) is 0 Å². The first-order valence-electron chi connectivity index (χ1n) is 15.0. The predicted octanol–water partition coefficient (Wildman–Crippen LogP) is 6.37. The van der Waals surface area contributed by atoms with Crippen LogP contribution in [0.1, 0.15) is 51.8 Å². The van der Waals surface area contributed by atoms with Crippen molar-refractivity contribution in [2.45, 2.75) is 44.1 Å². The van der Waals surface area contributed by atoms with Crippen LogP contribution in [0.15, 0.2) is 66.7 Å². The van der Waals surface area contributed by atoms with E-state index in [-0.39, 0.29) is 70.7 Å². The van der Waals surface area contributed by atoms with Gasteiger partial charge in [0.2, 0.25) is 5.88 Å². The number of carboxylic acid groups (broad SMARTS) is 1. The second kappa shape index (κ2) is 12.5. The van der Waals surface area contributed by atoms with Gasteiger partial charge in [0.05, 0.1) is 59.3 Å². The van der Waals surface area contributed by atoms with E-state index in [4.69, 9.17) is 24.5 Å². The van der Waals surface area contributed by atoms with Gasteiger partial charge in [-0.25, -0.2) is 27.9 Å². The summed E-state index contributed by atoms with van der Waals surface area (Å²) in [5.41, 5.74) is 1.58. The molecule has 5 aromatic rings. The first kappa shape index (κ1) is 30.4. The minimum absolute atomic E-state index is 0.0449. The number of aromatic carboxylic acids is 1. The normalized spacial score (nSPS) is 17.6. The van der Waals surface area contributed by atoms with Crippen LogP contribution in [-0.4, -0.2) is 51.0 Å². The lowest BCUT2D eigenvalue weighted by Crippen LogP contribution is -2.27. The van der Waals surface area contributed by atoms with Gasteiger partial charge in [-0.15, -0.1) is 0 Å². The van der Waals surface area contributed by atoms with Crippen molar-refractivity contribution in [2.24, 2.45) is 0 Å². The number of carboxylic acids is 1. The van der Waals surface area contributed by atoms with Gasteiger partial charge >= 0.3 is 5.97 Å². The molecule has 9 nitrogen and oxygen atoms in total. The molecule has 1 N–H and O–H groups in total. The first-order chi connectivity index (χ1) is 22.8. The van der Waals surface area contributed by atoms with Crippen molar-refractivity contribution < 1.29 is 37.3 Å². The third-order valence-corrected chi connectivity index (χ3v) is 8.27. The standard InChI is InChI=1S/C35H27F3N4O5/c36-25-10-19(15-39)4-5-21(25)16-46-34-3-1-2-28(41-34)24-14-26(37)22(11-27(24)38)13-33-40-29-9-6-20(35(43)44)12-30(29)42(33)31-17-45-18-32(31)47-23-7-8-23/h1-6,9-12,14,23,31-32H,7-8,13,16-18H2,(H,43,44)/t31-,32+/m1/s1. The summed E-state index contributed by atoms with van der Waals surface area (Å²) in [6.07, 6.45) is 1.68. The Morgan fingerprint density at radius 2 is 1.81 bits per heavy atom. The highest BCUT2D eigenvalue weighted by molar-refractivity contribution is 5.92. The van der Waals surface area contributed by atoms with Crippen LogP contribution in [0.25, 0.3) is 22.3 Å². The fraction of sp³-hybridized carbons (Fsp3) is 0.257. The SMILES string of the molecule is N#Cc1ccc(COc2cccc(-c3cc(F)c(Cc4nc5ccc(C(=O)O)cc5n4[C@@H]4COC[C@@H]4OC4CC4)cc3F)n2)c(F)c1. The monoisotopic (exact) mass is 640 g/mol. The zero-order valence-electron chi connectivity index (χ0n) is 24.8. The van der Waals surface area contributed by atoms with E-state index >= 15 is 8.78 Å². The van der Waals surface area contributed by atoms with Crippen molar-refractivity contribution in [1.29, 1.82) is 5.26 Å². The van der Waals surface area contributed by atoms with Crippen molar-refractivity contribution >= 4 is 17.0 Å². The topological polar surface area (TPSA) is 119 Å². The third kappa shape index (κ3) is 6.27. The van der Waals surface area contributed by atoms with Crippen molar-refractivity contribution in [3.63, 3.8) is 0 Å². The van der Waals surface area contributed by atoms with Crippen molar-refractivity contribution in [3.05, 3.63) is 112 Å². The lowest BCUT2D eigenvalue weighted by atomic mass is 10.0. The zero-order valence-corrected chi connectivity index (χ0v) is 24.8. The Hall–Kier alpha value is -5.25. The molecule has 1 saturated carbocycles. The fourth-order valence-electron chi connectivity index (χ4n) is 5.74. The second-order valence-corrected chi connectivity index (χ2v) is 11.6. The van der Waals surface area contributed by atoms with Gasteiger partial charge in [-0.05, 0) is 66.9 Å². The van der Waals surface area contributed by atoms with Crippen molar-refractivity contribution in [3.8, 4) is 23.2 Å². The predicted molar refractivity (Wildman–Crippen MR) is 162 cm³/mol. The Morgan fingerprint density at radius 3 is 2.57 bits per heavy atom. The molecule has 0 amide bonds. The van der Waals surface area contributed by atoms with Gasteiger partial charge in [-0.1, -0.05) is 12.1 Å². The number of hydrogen-bond donors (Lipinski definition) is 1. The van der Waals surface area contributed by atoms with Gasteiger partial charge in [0.15, 0.2) is 0 Å². The maximum Gasteiger partial charge on any atom is 0.335 e. The number of carbonyl (C=O) groups is 1. The lowest BCUT2D eigenvalue weighted by Gasteiger charge is -2.22. The van der Waals surface area contributed by atoms with E-state index in [1.54, 1.807) is 12.1 Å². The molecule has 0 spiro atoms. The van der Waals surface area contributed by atoms with Crippen LogP contribution in [-0.2, 0) is 22.5 Å². The van der Waals surface area contributed by atoms with Crippen LogP contribution in [0.2, 0.25) is 0 Å². The highest BCUT2D eigenvalue weighted by atomic mass is 19.1. The molecule has 7 rings (SSSR count). The molecule has 0 radical (unpaired) electrons. The molecule has 1 saturated heterocycles. The number of rotatable bonds is 10. The molecule has 12 heteroatoms. The lowest BCUT2D eigenvalue weighted by molar-refractivity contribution is 0.0167. The molecule has 1 aliphatic heterocycles. The summed E-state index contributed by atoms with van der Waals surface area (Å²) >= 11 is 0. The minimum atomic E-state index is -1.09. The van der Waals surface area contributed by atoms with Gasteiger partial charge in [-0.3, -0.25) is 0 Å². The molecule has 3 aromatic carbocycles. The van der Waals surface area contributed by atoms with E-state index in [9.17, 15) is 14.3 Å². The van der Waals surface area contributed by atoms with E-state index in [1.165, 1.54) is 36.4 Å². The smallest absolute Gasteiger partial charge is 0.335 e. The van der Waals surface area contributed by atoms with Gasteiger partial charge in [-0.2, -0.15) is 5.26 Å². The first-order valence-corrected chi connectivity index (χ1v) is 15.0. The number of nitriles is 1. The third-order valence-electron chi connectivity index (χ3n) is 8.27. The molecular weight excluding hydrogens is 613 g/mol. The summed E-state index contributed by atoms with van der Waals surface area (Å²) in [7, 11) is 0. The maximum absolute atomic E-state index is 15.7. The summed E-state index contributed by atoms with van der Waals surface area (Å²) in [6.45, 7) is 0.469. The molecule has 238 valence electrons. The van der Waals surface area contributed by atoms with Crippen LogP contribution in [0, 0.1) is 28.8 Å². The van der Waals surface area contributed by atoms with Gasteiger partial charge in [0, 0.05) is 23.6 Å². The number of halogens is 3. The average Bonchev–Trinajstić information content (AvgIpc) is 3.66. The molecule has 2 fully saturated rings. The van der Waals surface area contributed by atoms with Gasteiger partial charge in [0.1, 0.15) is 36.0 Å². The van der Waals surface area contributed by atoms with Gasteiger partial charge in [0.25, 0.3) is 0 Å². The molecule has 47 heavy (non-hydrogen) atoms. The zero-order chi connectivity index (χ0) is 32.7. The summed E-state index contributed by atoms with van der Waals surface area (Å²) in [6, 6.07) is 16.9. The molecule has 0 bridgehead atoms. The Labute approximate surface area is 266 Å². The molecule has 2 atom stereocenters. The molecule has 2 aromatic heterocycles. The fourth-order valence-corrected chi connectivity index (χ4v) is 5.74. The van der Waals surface area contributed by atoms with Crippen LogP contribution < -0.4 is 4.74 Å². The highest BCUT2D eigenvalue weighted by Gasteiger charge is 2.37. The van der Waals surface area contributed by atoms with Crippen molar-refractivity contribution in [1.82, 2.24) is 14.5 Å². The summed E-state index contributed by atoms with van der Waals surface area (Å²) in [5, 5.41) is 18.6. The number of pyridine rings is 1. The number of ether oxygens (including phenoxy) is 3. The van der Waals surface area contributed by atoms with Crippen LogP contribution in [0.4, 0.5) is 13.2 Å². The number of aromatic nitrogens is 3.